The average molecular weight is 419 g/mol. The number of aryl methyl sites for hydroxylation is 1. The van der Waals surface area contributed by atoms with Gasteiger partial charge >= 0.3 is 0 Å². The van der Waals surface area contributed by atoms with Crippen LogP contribution in [-0.2, 0) is 18.2 Å². The molecule has 3 rings (SSSR count). The van der Waals surface area contributed by atoms with Crippen molar-refractivity contribution in [2.45, 2.75) is 24.8 Å². The zero-order chi connectivity index (χ0) is 19.2. The fraction of sp³-hybridized carbons (Fsp3) is 0.353. The number of nitrogens with zero attached hydrogens (tertiary/aromatic N) is 6. The van der Waals surface area contributed by atoms with E-state index < -0.39 is 11.2 Å². The van der Waals surface area contributed by atoms with Crippen LogP contribution < -0.4 is 0 Å². The fourth-order valence-corrected chi connectivity index (χ4v) is 5.38. The van der Waals surface area contributed by atoms with Crippen LogP contribution in [0.1, 0.15) is 25.3 Å². The van der Waals surface area contributed by atoms with Gasteiger partial charge < -0.3 is 9.12 Å². The predicted octanol–water partition coefficient (Wildman–Crippen LogP) is 3.47. The number of aromatic nitrogens is 5. The van der Waals surface area contributed by atoms with Gasteiger partial charge in [-0.15, -0.1) is 11.3 Å². The molecular formula is C17H18N6OS3. The average Bonchev–Trinajstić information content (AvgIpc) is 3.35. The molecule has 0 spiro atoms. The number of hydrogen-bond donors (Lipinski definition) is 0. The summed E-state index contributed by atoms with van der Waals surface area (Å²) in [5.74, 6) is 1.69. The number of rotatable bonds is 8. The van der Waals surface area contributed by atoms with Gasteiger partial charge in [0.15, 0.2) is 21.7 Å². The summed E-state index contributed by atoms with van der Waals surface area (Å²) in [5.41, 5.74) is 0.814. The molecule has 3 aromatic rings. The van der Waals surface area contributed by atoms with Crippen molar-refractivity contribution in [2.75, 3.05) is 10.8 Å². The zero-order valence-corrected chi connectivity index (χ0v) is 17.4. The first-order valence-corrected chi connectivity index (χ1v) is 11.7. The monoisotopic (exact) mass is 418 g/mol. The third-order valence-electron chi connectivity index (χ3n) is 3.70. The second-order valence-electron chi connectivity index (χ2n) is 5.65. The minimum Gasteiger partial charge on any atom is -0.616 e. The highest BCUT2D eigenvalue weighted by Gasteiger charge is 2.22. The Kier molecular flexibility index (Phi) is 6.84. The maximum atomic E-state index is 12.2. The van der Waals surface area contributed by atoms with Gasteiger partial charge in [0.1, 0.15) is 28.1 Å². The van der Waals surface area contributed by atoms with E-state index in [9.17, 15) is 9.81 Å². The van der Waals surface area contributed by atoms with Crippen LogP contribution in [0.15, 0.2) is 29.0 Å². The summed E-state index contributed by atoms with van der Waals surface area (Å²) in [4.78, 5) is 17.7. The molecule has 3 aromatic heterocycles. The molecule has 10 heteroatoms. The molecule has 0 saturated heterocycles. The summed E-state index contributed by atoms with van der Waals surface area (Å²) < 4.78 is 14.0. The fourth-order valence-electron chi connectivity index (χ4n) is 2.32. The number of thiazole rings is 1. The van der Waals surface area contributed by atoms with Crippen LogP contribution in [-0.4, -0.2) is 39.9 Å². The summed E-state index contributed by atoms with van der Waals surface area (Å²) >= 11 is 1.79. The lowest BCUT2D eigenvalue weighted by molar-refractivity contribution is 0.596. The molecule has 0 aliphatic rings. The number of hydrogen-bond acceptors (Lipinski definition) is 8. The molecule has 140 valence electrons. The normalized spacial score (nSPS) is 12.1. The molecule has 1 atom stereocenters. The van der Waals surface area contributed by atoms with E-state index in [2.05, 4.69) is 32.9 Å². The van der Waals surface area contributed by atoms with Gasteiger partial charge in [-0.3, -0.25) is 0 Å². The quantitative estimate of drug-likeness (QED) is 0.313. The van der Waals surface area contributed by atoms with Gasteiger partial charge in [-0.05, 0) is 17.6 Å². The van der Waals surface area contributed by atoms with Crippen LogP contribution in [0, 0.1) is 11.3 Å². The lowest BCUT2D eigenvalue weighted by atomic mass is 10.2. The van der Waals surface area contributed by atoms with E-state index >= 15 is 0 Å². The molecule has 0 amide bonds. The third kappa shape index (κ3) is 4.68. The van der Waals surface area contributed by atoms with Crippen LogP contribution in [0.2, 0.25) is 0 Å². The highest BCUT2D eigenvalue weighted by atomic mass is 32.3. The number of nitriles is 1. The van der Waals surface area contributed by atoms with Crippen molar-refractivity contribution >= 4 is 34.3 Å². The first kappa shape index (κ1) is 19.8. The Hall–Kier alpha value is -1.93. The minimum absolute atomic E-state index is 0.349. The topological polar surface area (TPSA) is 103 Å². The summed E-state index contributed by atoms with van der Waals surface area (Å²) in [6.07, 6.45) is 7.08. The van der Waals surface area contributed by atoms with E-state index in [-0.39, 0.29) is 0 Å². The van der Waals surface area contributed by atoms with Gasteiger partial charge in [-0.1, -0.05) is 25.1 Å². The van der Waals surface area contributed by atoms with E-state index in [0.717, 1.165) is 12.8 Å². The second-order valence-corrected chi connectivity index (χ2v) is 9.45. The lowest BCUT2D eigenvalue weighted by Crippen LogP contribution is -2.10. The number of unbranched alkanes of at least 4 members (excludes halogenated alkanes) is 1. The van der Waals surface area contributed by atoms with Crippen molar-refractivity contribution in [3.8, 4) is 28.4 Å². The molecule has 0 fully saturated rings. The smallest absolute Gasteiger partial charge is 0.190 e. The van der Waals surface area contributed by atoms with Gasteiger partial charge in [-0.25, -0.2) is 19.9 Å². The minimum atomic E-state index is -0.962. The Morgan fingerprint density at radius 3 is 2.81 bits per heavy atom. The maximum Gasteiger partial charge on any atom is 0.190 e. The van der Waals surface area contributed by atoms with E-state index in [1.54, 1.807) is 18.6 Å². The molecule has 0 aliphatic carbocycles. The number of thioether (sulfide) groups is 1. The molecule has 3 heterocycles. The van der Waals surface area contributed by atoms with Crippen molar-refractivity contribution in [1.29, 1.82) is 5.26 Å². The van der Waals surface area contributed by atoms with Crippen molar-refractivity contribution < 1.29 is 4.55 Å². The van der Waals surface area contributed by atoms with Gasteiger partial charge in [0.25, 0.3) is 0 Å². The Morgan fingerprint density at radius 1 is 1.33 bits per heavy atom. The lowest BCUT2D eigenvalue weighted by Gasteiger charge is -2.12. The maximum absolute atomic E-state index is 12.2. The van der Waals surface area contributed by atoms with E-state index in [4.69, 9.17) is 0 Å². The highest BCUT2D eigenvalue weighted by molar-refractivity contribution is 8.12. The largest absolute Gasteiger partial charge is 0.616 e. The summed E-state index contributed by atoms with van der Waals surface area (Å²) in [6.45, 7) is 2.07. The van der Waals surface area contributed by atoms with Gasteiger partial charge in [0, 0.05) is 31.0 Å². The van der Waals surface area contributed by atoms with E-state index in [0.29, 0.717) is 43.8 Å². The molecular weight excluding hydrogens is 400 g/mol. The molecule has 0 N–H and O–H groups in total. The van der Waals surface area contributed by atoms with Crippen molar-refractivity contribution in [1.82, 2.24) is 24.5 Å². The zero-order valence-electron chi connectivity index (χ0n) is 15.0. The van der Waals surface area contributed by atoms with Crippen molar-refractivity contribution in [3.63, 3.8) is 0 Å². The summed E-state index contributed by atoms with van der Waals surface area (Å²) in [5, 5.41) is 13.2. The first-order valence-electron chi connectivity index (χ1n) is 8.31. The van der Waals surface area contributed by atoms with Crippen LogP contribution in [0.5, 0.6) is 0 Å². The Balaban J connectivity index is 2.02. The van der Waals surface area contributed by atoms with E-state index in [1.807, 2.05) is 17.0 Å². The molecule has 0 saturated carbocycles. The molecule has 0 aliphatic heterocycles. The molecule has 0 bridgehead atoms. The van der Waals surface area contributed by atoms with Crippen molar-refractivity contribution in [3.05, 3.63) is 29.5 Å². The van der Waals surface area contributed by atoms with Crippen LogP contribution in [0.25, 0.3) is 22.4 Å². The third-order valence-corrected chi connectivity index (χ3v) is 7.30. The summed E-state index contributed by atoms with van der Waals surface area (Å²) in [7, 11) is 1.85. The molecule has 0 aromatic carbocycles. The Labute approximate surface area is 169 Å². The Bertz CT molecular complexity index is 935. The van der Waals surface area contributed by atoms with Gasteiger partial charge in [0.05, 0.1) is 0 Å². The first-order chi connectivity index (χ1) is 13.1. The molecule has 1 unspecified atom stereocenters. The van der Waals surface area contributed by atoms with Crippen LogP contribution in [0.3, 0.4) is 0 Å². The van der Waals surface area contributed by atoms with E-state index in [1.165, 1.54) is 23.1 Å². The van der Waals surface area contributed by atoms with Crippen LogP contribution in [0.4, 0.5) is 0 Å². The molecule has 0 radical (unpaired) electrons. The van der Waals surface area contributed by atoms with Gasteiger partial charge in [-0.2, -0.15) is 5.26 Å². The highest BCUT2D eigenvalue weighted by Crippen LogP contribution is 2.32. The number of imidazole rings is 1. The van der Waals surface area contributed by atoms with Crippen molar-refractivity contribution in [2.24, 2.45) is 7.05 Å². The predicted molar refractivity (Wildman–Crippen MR) is 109 cm³/mol. The standard InChI is InChI=1S/C17H18N6OS3/c1-3-4-9-27(24)11-26-16-12(10-18)13(15-19-5-7-23(15)2)21-14(22-16)17-20-6-8-25-17/h5-8H,3-4,9,11H2,1-2H3. The molecule has 27 heavy (non-hydrogen) atoms. The molecule has 7 nitrogen and oxygen atoms in total. The summed E-state index contributed by atoms with van der Waals surface area (Å²) in [6, 6.07) is 2.20. The van der Waals surface area contributed by atoms with Gasteiger partial charge in [0.2, 0.25) is 0 Å². The second kappa shape index (κ2) is 9.32. The van der Waals surface area contributed by atoms with Crippen LogP contribution >= 0.6 is 23.1 Å². The SMILES string of the molecule is CCCC[S+]([O-])CSc1nc(-c2nccs2)nc(-c2nccn2C)c1C#N. The Morgan fingerprint density at radius 2 is 2.19 bits per heavy atom.